The van der Waals surface area contributed by atoms with Crippen molar-refractivity contribution in [3.8, 4) is 5.69 Å². The Bertz CT molecular complexity index is 1480. The van der Waals surface area contributed by atoms with Crippen LogP contribution in [0, 0.1) is 26.6 Å². The minimum absolute atomic E-state index is 0.0587. The zero-order valence-electron chi connectivity index (χ0n) is 20.3. The Hall–Kier alpha value is -3.72. The van der Waals surface area contributed by atoms with Gasteiger partial charge in [0.25, 0.3) is 0 Å². The number of thiocarbonyl (C=S) groups is 1. The molecule has 2 atom stereocenters. The van der Waals surface area contributed by atoms with Crippen molar-refractivity contribution in [2.75, 3.05) is 4.90 Å². The zero-order chi connectivity index (χ0) is 26.5. The molecule has 0 spiro atoms. The maximum atomic E-state index is 14.1. The van der Waals surface area contributed by atoms with Gasteiger partial charge in [-0.2, -0.15) is 13.2 Å². The number of rotatable bonds is 4. The van der Waals surface area contributed by atoms with Crippen molar-refractivity contribution in [2.24, 2.45) is 0 Å². The van der Waals surface area contributed by atoms with Crippen molar-refractivity contribution in [2.45, 2.75) is 39.0 Å². The van der Waals surface area contributed by atoms with Gasteiger partial charge in [0, 0.05) is 23.3 Å². The highest BCUT2D eigenvalue weighted by atomic mass is 32.1. The minimum atomic E-state index is -4.51. The summed E-state index contributed by atoms with van der Waals surface area (Å²) < 4.78 is 57.5. The second-order valence-electron chi connectivity index (χ2n) is 9.11. The van der Waals surface area contributed by atoms with Gasteiger partial charge in [-0.1, -0.05) is 18.2 Å². The van der Waals surface area contributed by atoms with Gasteiger partial charge in [0.15, 0.2) is 5.11 Å². The van der Waals surface area contributed by atoms with Crippen LogP contribution in [0.4, 0.5) is 23.2 Å². The number of alkyl halides is 3. The van der Waals surface area contributed by atoms with Gasteiger partial charge in [-0.25, -0.2) is 4.39 Å². The normalized spacial score (nSPS) is 17.8. The number of aryl methyl sites for hydroxylation is 2. The summed E-state index contributed by atoms with van der Waals surface area (Å²) in [7, 11) is 0. The summed E-state index contributed by atoms with van der Waals surface area (Å²) in [6.07, 6.45) is -2.82. The number of hydrogen-bond donors (Lipinski definition) is 1. The number of halogens is 4. The summed E-state index contributed by atoms with van der Waals surface area (Å²) in [6, 6.07) is 16.9. The molecule has 0 amide bonds. The van der Waals surface area contributed by atoms with E-state index in [2.05, 4.69) is 10.3 Å². The molecule has 1 fully saturated rings. The number of pyridine rings is 1. The van der Waals surface area contributed by atoms with Crippen LogP contribution in [0.3, 0.4) is 0 Å². The van der Waals surface area contributed by atoms with Crippen LogP contribution in [0.5, 0.6) is 0 Å². The van der Waals surface area contributed by atoms with Crippen molar-refractivity contribution in [1.29, 1.82) is 0 Å². The van der Waals surface area contributed by atoms with E-state index in [0.29, 0.717) is 27.8 Å². The lowest BCUT2D eigenvalue weighted by atomic mass is 9.96. The predicted octanol–water partition coefficient (Wildman–Crippen LogP) is 7.13. The van der Waals surface area contributed by atoms with Gasteiger partial charge in [-0.05, 0) is 92.6 Å². The first-order valence-electron chi connectivity index (χ1n) is 11.7. The van der Waals surface area contributed by atoms with E-state index in [9.17, 15) is 17.6 Å². The summed E-state index contributed by atoms with van der Waals surface area (Å²) in [4.78, 5) is 6.42. The lowest BCUT2D eigenvalue weighted by molar-refractivity contribution is -0.137. The third-order valence-corrected chi connectivity index (χ3v) is 7.07. The second-order valence-corrected chi connectivity index (χ2v) is 9.49. The quantitative estimate of drug-likeness (QED) is 0.227. The number of benzene rings is 2. The van der Waals surface area contributed by atoms with Crippen LogP contribution >= 0.6 is 12.2 Å². The summed E-state index contributed by atoms with van der Waals surface area (Å²) in [5.74, 6) is -0.332. The van der Waals surface area contributed by atoms with Crippen molar-refractivity contribution in [3.05, 3.63) is 113 Å². The molecule has 37 heavy (non-hydrogen) atoms. The van der Waals surface area contributed by atoms with Gasteiger partial charge in [0.05, 0.1) is 29.0 Å². The van der Waals surface area contributed by atoms with Gasteiger partial charge in [-0.15, -0.1) is 0 Å². The zero-order valence-corrected chi connectivity index (χ0v) is 21.2. The molecule has 0 bridgehead atoms. The predicted molar refractivity (Wildman–Crippen MR) is 139 cm³/mol. The maximum absolute atomic E-state index is 14.1. The number of aromatic nitrogens is 2. The average Bonchev–Trinajstić information content (AvgIpc) is 3.36. The Balaban J connectivity index is 1.71. The van der Waals surface area contributed by atoms with E-state index < -0.39 is 17.8 Å². The van der Waals surface area contributed by atoms with Gasteiger partial charge in [0.1, 0.15) is 5.82 Å². The van der Waals surface area contributed by atoms with Gasteiger partial charge >= 0.3 is 6.18 Å². The van der Waals surface area contributed by atoms with E-state index >= 15 is 0 Å². The van der Waals surface area contributed by atoms with Crippen molar-refractivity contribution in [1.82, 2.24) is 14.9 Å². The standard InChI is InChI=1S/C28H24F4N4S/c1-16-14-19(11-12-22(16)29)36-26(25(34-27(36)37)23-9-6-7-13-33-23)20-15-17(2)35(18(20)3)24-10-5-4-8-21(24)28(30,31)32/h4-15,25-26H,1-3H3,(H,34,37)/t25-,26-/m1/s1. The lowest BCUT2D eigenvalue weighted by Gasteiger charge is -2.28. The highest BCUT2D eigenvalue weighted by Gasteiger charge is 2.43. The van der Waals surface area contributed by atoms with Crippen molar-refractivity contribution < 1.29 is 17.6 Å². The lowest BCUT2D eigenvalue weighted by Crippen LogP contribution is -2.29. The molecular formula is C28H24F4N4S. The molecule has 4 nitrogen and oxygen atoms in total. The fourth-order valence-corrected chi connectivity index (χ4v) is 5.44. The molecule has 4 aromatic rings. The summed E-state index contributed by atoms with van der Waals surface area (Å²) in [6.45, 7) is 5.27. The molecule has 1 N–H and O–H groups in total. The summed E-state index contributed by atoms with van der Waals surface area (Å²) >= 11 is 5.74. The van der Waals surface area contributed by atoms with Crippen molar-refractivity contribution >= 4 is 23.0 Å². The number of nitrogens with one attached hydrogen (secondary N) is 1. The van der Waals surface area contributed by atoms with Crippen LogP contribution in [0.25, 0.3) is 5.69 Å². The molecule has 5 rings (SSSR count). The molecule has 0 unspecified atom stereocenters. The summed E-state index contributed by atoms with van der Waals surface area (Å²) in [5.41, 5.74) is 3.31. The van der Waals surface area contributed by atoms with E-state index in [1.165, 1.54) is 18.2 Å². The van der Waals surface area contributed by atoms with Crippen LogP contribution < -0.4 is 10.2 Å². The SMILES string of the molecule is Cc1cc(N2C(=S)N[C@H](c3ccccn3)[C@H]2c2cc(C)n(-c3ccccc3C(F)(F)F)c2C)ccc1F. The molecule has 9 heteroatoms. The fourth-order valence-electron chi connectivity index (χ4n) is 5.09. The Kier molecular flexibility index (Phi) is 6.27. The molecule has 2 aromatic heterocycles. The summed E-state index contributed by atoms with van der Waals surface area (Å²) in [5, 5.41) is 3.77. The van der Waals surface area contributed by atoms with Crippen LogP contribution in [0.1, 0.15) is 45.9 Å². The molecule has 190 valence electrons. The fraction of sp³-hybridized carbons (Fsp3) is 0.214. The second kappa shape index (κ2) is 9.30. The van der Waals surface area contributed by atoms with Crippen LogP contribution in [0.15, 0.2) is 72.9 Å². The van der Waals surface area contributed by atoms with Crippen LogP contribution in [-0.4, -0.2) is 14.7 Å². The molecule has 1 aliphatic rings. The highest BCUT2D eigenvalue weighted by Crippen LogP contribution is 2.44. The molecular weight excluding hydrogens is 500 g/mol. The Morgan fingerprint density at radius 3 is 2.35 bits per heavy atom. The number of anilines is 1. The first-order chi connectivity index (χ1) is 17.6. The van der Waals surface area contributed by atoms with Crippen molar-refractivity contribution in [3.63, 3.8) is 0 Å². The van der Waals surface area contributed by atoms with E-state index in [4.69, 9.17) is 12.2 Å². The molecule has 1 saturated heterocycles. The molecule has 2 aromatic carbocycles. The highest BCUT2D eigenvalue weighted by molar-refractivity contribution is 7.80. The number of para-hydroxylation sites is 1. The first kappa shape index (κ1) is 25.0. The number of nitrogens with zero attached hydrogens (tertiary/aromatic N) is 3. The van der Waals surface area contributed by atoms with Crippen LogP contribution in [0.2, 0.25) is 0 Å². The third kappa shape index (κ3) is 4.37. The number of hydrogen-bond acceptors (Lipinski definition) is 2. The van der Waals surface area contributed by atoms with E-state index in [1.807, 2.05) is 29.2 Å². The van der Waals surface area contributed by atoms with E-state index in [1.54, 1.807) is 49.7 Å². The monoisotopic (exact) mass is 524 g/mol. The largest absolute Gasteiger partial charge is 0.418 e. The Labute approximate surface area is 217 Å². The Morgan fingerprint density at radius 2 is 1.68 bits per heavy atom. The molecule has 0 saturated carbocycles. The minimum Gasteiger partial charge on any atom is -0.351 e. The van der Waals surface area contributed by atoms with Gasteiger partial charge in [0.2, 0.25) is 0 Å². The third-order valence-electron chi connectivity index (χ3n) is 6.76. The maximum Gasteiger partial charge on any atom is 0.418 e. The molecule has 0 aliphatic carbocycles. The topological polar surface area (TPSA) is 33.1 Å². The molecule has 3 heterocycles. The van der Waals surface area contributed by atoms with Crippen LogP contribution in [-0.2, 0) is 6.18 Å². The average molecular weight is 525 g/mol. The molecule has 0 radical (unpaired) electrons. The van der Waals surface area contributed by atoms with Gasteiger partial charge in [-0.3, -0.25) is 4.98 Å². The smallest absolute Gasteiger partial charge is 0.351 e. The first-order valence-corrected chi connectivity index (χ1v) is 12.1. The molecule has 1 aliphatic heterocycles. The Morgan fingerprint density at radius 1 is 0.946 bits per heavy atom. The van der Waals surface area contributed by atoms with E-state index in [0.717, 1.165) is 17.3 Å². The van der Waals surface area contributed by atoms with Gasteiger partial charge < -0.3 is 14.8 Å². The van der Waals surface area contributed by atoms with E-state index in [-0.39, 0.29) is 17.5 Å².